The van der Waals surface area contributed by atoms with Crippen molar-refractivity contribution < 1.29 is 0 Å². The van der Waals surface area contributed by atoms with Gasteiger partial charge in [0.2, 0.25) is 0 Å². The van der Waals surface area contributed by atoms with Crippen molar-refractivity contribution in [1.82, 2.24) is 0 Å². The number of hydrogen-bond acceptors (Lipinski definition) is 1. The van der Waals surface area contributed by atoms with Gasteiger partial charge in [0, 0.05) is 27.8 Å². The second-order valence-electron chi connectivity index (χ2n) is 20.4. The summed E-state index contributed by atoms with van der Waals surface area (Å²) in [4.78, 5) is 2.70. The SMILES string of the molecule is c1ccc(-c2ccc(N(c3ccc4c(c3)C3(CC5CCC3C5)c3ccccc3-4)c3cccc4c3-c3ccccc3C43C4CCC5CC(C4)CC3C5)cc2-c2ccccc2)cc1. The maximum Gasteiger partial charge on any atom is 0.0543 e. The summed E-state index contributed by atoms with van der Waals surface area (Å²) in [6, 6.07) is 63.8. The Morgan fingerprint density at radius 1 is 0.377 bits per heavy atom. The van der Waals surface area contributed by atoms with Crippen LogP contribution in [0.2, 0.25) is 0 Å². The smallest absolute Gasteiger partial charge is 0.0543 e. The van der Waals surface area contributed by atoms with Crippen molar-refractivity contribution in [3.8, 4) is 44.5 Å². The topological polar surface area (TPSA) is 3.24 Å². The van der Waals surface area contributed by atoms with E-state index in [1.165, 1.54) is 126 Å². The zero-order valence-corrected chi connectivity index (χ0v) is 35.1. The molecule has 0 N–H and O–H groups in total. The summed E-state index contributed by atoms with van der Waals surface area (Å²) < 4.78 is 0. The normalized spacial score (nSPS) is 29.1. The molecule has 0 aromatic heterocycles. The molecule has 298 valence electrons. The van der Waals surface area contributed by atoms with Crippen molar-refractivity contribution >= 4 is 17.1 Å². The Labute approximate surface area is 361 Å². The van der Waals surface area contributed by atoms with Crippen molar-refractivity contribution in [3.05, 3.63) is 186 Å². The van der Waals surface area contributed by atoms with Gasteiger partial charge in [-0.2, -0.15) is 0 Å². The molecule has 7 aromatic rings. The number of nitrogens with zero attached hydrogens (tertiary/aromatic N) is 1. The third-order valence-corrected chi connectivity index (χ3v) is 17.8. The maximum absolute atomic E-state index is 2.70. The number of rotatable bonds is 5. The van der Waals surface area contributed by atoms with Crippen molar-refractivity contribution in [2.24, 2.45) is 35.5 Å². The average Bonchev–Trinajstić information content (AvgIpc) is 4.04. The van der Waals surface area contributed by atoms with Crippen LogP contribution < -0.4 is 4.90 Å². The Morgan fingerprint density at radius 3 is 1.77 bits per heavy atom. The average molecular weight is 788 g/mol. The fourth-order valence-corrected chi connectivity index (χ4v) is 15.9. The molecule has 0 radical (unpaired) electrons. The molecule has 1 heteroatoms. The molecule has 8 atom stereocenters. The van der Waals surface area contributed by atoms with Gasteiger partial charge in [-0.25, -0.2) is 0 Å². The van der Waals surface area contributed by atoms with Crippen LogP contribution in [0.4, 0.5) is 17.1 Å². The molecule has 0 amide bonds. The molecule has 15 rings (SSSR count). The minimum atomic E-state index is 0.0956. The molecule has 8 aliphatic rings. The van der Waals surface area contributed by atoms with Gasteiger partial charge in [0.1, 0.15) is 0 Å². The molecule has 8 unspecified atom stereocenters. The molecular weight excluding hydrogens is 735 g/mol. The van der Waals surface area contributed by atoms with Crippen LogP contribution in [-0.2, 0) is 10.8 Å². The molecule has 0 aliphatic heterocycles. The molecule has 7 aromatic carbocycles. The van der Waals surface area contributed by atoms with Crippen molar-refractivity contribution in [1.29, 1.82) is 0 Å². The minimum absolute atomic E-state index is 0.0956. The van der Waals surface area contributed by atoms with Crippen LogP contribution in [0.5, 0.6) is 0 Å². The van der Waals surface area contributed by atoms with E-state index < -0.39 is 0 Å². The zero-order chi connectivity index (χ0) is 39.9. The van der Waals surface area contributed by atoms with Gasteiger partial charge in [-0.05, 0) is 178 Å². The highest BCUT2D eigenvalue weighted by Crippen LogP contribution is 2.70. The van der Waals surface area contributed by atoms with Gasteiger partial charge < -0.3 is 4.90 Å². The van der Waals surface area contributed by atoms with Gasteiger partial charge >= 0.3 is 0 Å². The number of hydrogen-bond donors (Lipinski definition) is 0. The lowest BCUT2D eigenvalue weighted by Crippen LogP contribution is -2.48. The second kappa shape index (κ2) is 12.9. The van der Waals surface area contributed by atoms with Gasteiger partial charge in [0.25, 0.3) is 0 Å². The van der Waals surface area contributed by atoms with E-state index >= 15 is 0 Å². The van der Waals surface area contributed by atoms with Crippen molar-refractivity contribution in [2.45, 2.75) is 75.0 Å². The van der Waals surface area contributed by atoms with Crippen molar-refractivity contribution in [2.75, 3.05) is 4.90 Å². The van der Waals surface area contributed by atoms with Crippen LogP contribution in [0.1, 0.15) is 86.5 Å². The maximum atomic E-state index is 2.70. The molecular formula is C60H53N. The summed E-state index contributed by atoms with van der Waals surface area (Å²) in [6.45, 7) is 0. The fraction of sp³-hybridized carbons (Fsp3) is 0.300. The van der Waals surface area contributed by atoms with Gasteiger partial charge in [-0.1, -0.05) is 146 Å². The molecule has 0 saturated heterocycles. The van der Waals surface area contributed by atoms with E-state index in [4.69, 9.17) is 0 Å². The largest absolute Gasteiger partial charge is 0.310 e. The van der Waals surface area contributed by atoms with E-state index in [0.29, 0.717) is 11.8 Å². The van der Waals surface area contributed by atoms with Crippen LogP contribution >= 0.6 is 0 Å². The van der Waals surface area contributed by atoms with Crippen LogP contribution in [0.15, 0.2) is 164 Å². The lowest BCUT2D eigenvalue weighted by Gasteiger charge is -2.53. The first kappa shape index (κ1) is 35.0. The summed E-state index contributed by atoms with van der Waals surface area (Å²) in [5, 5.41) is 0. The first-order valence-corrected chi connectivity index (χ1v) is 23.7. The standard InChI is InChI=1S/C60H53N/c1-3-12-41(13-4-1)48-28-26-46(35-52(48)42-14-5-2-6-15-42)61(47-27-29-50-49-16-7-9-18-53(49)59(56(50)36-47)37-39-23-24-43(59)32-39)57-21-11-20-55-58(57)51-17-8-10-19-54(51)60(55)44-25-22-38-30-40(33-44)34-45(60)31-38/h1-21,26-29,35-36,38-40,43-45H,22-25,30-34,37H2. The Morgan fingerprint density at radius 2 is 0.984 bits per heavy atom. The van der Waals surface area contributed by atoms with Crippen LogP contribution in [0, 0.1) is 35.5 Å². The summed E-state index contributed by atoms with van der Waals surface area (Å²) >= 11 is 0. The van der Waals surface area contributed by atoms with E-state index in [9.17, 15) is 0 Å². The number of fused-ring (bicyclic) bond motifs is 12. The van der Waals surface area contributed by atoms with E-state index in [1.807, 2.05) is 0 Å². The third-order valence-electron chi connectivity index (χ3n) is 17.8. The highest BCUT2D eigenvalue weighted by molar-refractivity contribution is 5.98. The van der Waals surface area contributed by atoms with Gasteiger partial charge in [0.05, 0.1) is 5.69 Å². The van der Waals surface area contributed by atoms with Crippen LogP contribution in [-0.4, -0.2) is 0 Å². The molecule has 6 saturated carbocycles. The van der Waals surface area contributed by atoms with E-state index in [0.717, 1.165) is 23.7 Å². The van der Waals surface area contributed by atoms with Crippen LogP contribution in [0.25, 0.3) is 44.5 Å². The molecule has 1 nitrogen and oxygen atoms in total. The van der Waals surface area contributed by atoms with Gasteiger partial charge in [-0.3, -0.25) is 0 Å². The Kier molecular flexibility index (Phi) is 7.42. The van der Waals surface area contributed by atoms with Gasteiger partial charge in [0.15, 0.2) is 0 Å². The Hall–Kier alpha value is -5.66. The van der Waals surface area contributed by atoms with Crippen molar-refractivity contribution in [3.63, 3.8) is 0 Å². The Balaban J connectivity index is 1.03. The lowest BCUT2D eigenvalue weighted by atomic mass is 9.51. The minimum Gasteiger partial charge on any atom is -0.310 e. The van der Waals surface area contributed by atoms with E-state index in [-0.39, 0.29) is 10.8 Å². The quantitative estimate of drug-likeness (QED) is 0.168. The molecule has 8 aliphatic carbocycles. The molecule has 6 fully saturated rings. The monoisotopic (exact) mass is 787 g/mol. The molecule has 6 bridgehead atoms. The first-order valence-electron chi connectivity index (χ1n) is 23.7. The molecule has 2 spiro atoms. The highest BCUT2D eigenvalue weighted by Gasteiger charge is 2.60. The fourth-order valence-electron chi connectivity index (χ4n) is 15.9. The lowest BCUT2D eigenvalue weighted by molar-refractivity contribution is 0.0618. The molecule has 0 heterocycles. The second-order valence-corrected chi connectivity index (χ2v) is 20.4. The van der Waals surface area contributed by atoms with E-state index in [1.54, 1.807) is 22.3 Å². The first-order chi connectivity index (χ1) is 30.2. The zero-order valence-electron chi connectivity index (χ0n) is 35.1. The predicted octanol–water partition coefficient (Wildman–Crippen LogP) is 15.7. The van der Waals surface area contributed by atoms with E-state index in [2.05, 4.69) is 169 Å². The summed E-state index contributed by atoms with van der Waals surface area (Å²) in [5.74, 6) is 4.78. The summed E-state index contributed by atoms with van der Waals surface area (Å²) in [7, 11) is 0. The third kappa shape index (κ3) is 4.73. The summed E-state index contributed by atoms with van der Waals surface area (Å²) in [6.07, 6.45) is 13.9. The van der Waals surface area contributed by atoms with Crippen LogP contribution in [0.3, 0.4) is 0 Å². The summed E-state index contributed by atoms with van der Waals surface area (Å²) in [5.41, 5.74) is 21.4. The highest BCUT2D eigenvalue weighted by atomic mass is 15.1. The molecule has 61 heavy (non-hydrogen) atoms. The predicted molar refractivity (Wildman–Crippen MR) is 252 cm³/mol. The number of anilines is 3. The number of benzene rings is 7. The van der Waals surface area contributed by atoms with Gasteiger partial charge in [-0.15, -0.1) is 0 Å². The Bertz CT molecular complexity index is 2880.